The van der Waals surface area contributed by atoms with E-state index in [1.54, 1.807) is 5.56 Å². The molecule has 0 radical (unpaired) electrons. The van der Waals surface area contributed by atoms with Gasteiger partial charge in [-0.1, -0.05) is 66.8 Å². The van der Waals surface area contributed by atoms with Gasteiger partial charge in [0.05, 0.1) is 0 Å². The predicted molar refractivity (Wildman–Crippen MR) is 105 cm³/mol. The van der Waals surface area contributed by atoms with Crippen molar-refractivity contribution in [1.82, 2.24) is 0 Å². The number of rotatable bonds is 3. The highest BCUT2D eigenvalue weighted by atomic mass is 14.3. The van der Waals surface area contributed by atoms with Gasteiger partial charge in [-0.3, -0.25) is 0 Å². The van der Waals surface area contributed by atoms with Crippen LogP contribution >= 0.6 is 0 Å². The Morgan fingerprint density at radius 2 is 2.08 bits per heavy atom. The average molecular weight is 312 g/mol. The summed E-state index contributed by atoms with van der Waals surface area (Å²) in [6.45, 7) is 8.26. The molecule has 2 aromatic rings. The first-order chi connectivity index (χ1) is 11.7. The Balaban J connectivity index is 2.12. The summed E-state index contributed by atoms with van der Waals surface area (Å²) in [6.07, 6.45) is 12.6. The lowest BCUT2D eigenvalue weighted by atomic mass is 9.75. The van der Waals surface area contributed by atoms with Crippen molar-refractivity contribution in [2.24, 2.45) is 0 Å². The molecule has 4 rings (SSSR count). The Labute approximate surface area is 144 Å². The van der Waals surface area contributed by atoms with Gasteiger partial charge in [-0.2, -0.15) is 0 Å². The molecule has 0 nitrogen and oxygen atoms in total. The molecule has 120 valence electrons. The lowest BCUT2D eigenvalue weighted by Crippen LogP contribution is -2.27. The molecule has 0 heteroatoms. The van der Waals surface area contributed by atoms with Crippen molar-refractivity contribution in [2.75, 3.05) is 0 Å². The molecule has 0 saturated heterocycles. The molecule has 0 aromatic heterocycles. The minimum Gasteiger partial charge on any atom is -0.0961 e. The Bertz CT molecular complexity index is 1010. The van der Waals surface area contributed by atoms with Crippen LogP contribution in [0.1, 0.15) is 44.6 Å². The largest absolute Gasteiger partial charge is 0.0961 e. The van der Waals surface area contributed by atoms with Gasteiger partial charge in [-0.05, 0) is 76.9 Å². The van der Waals surface area contributed by atoms with E-state index in [-0.39, 0.29) is 0 Å². The quantitative estimate of drug-likeness (QED) is 0.689. The fraction of sp³-hybridized carbons (Fsp3) is 0.250. The molecule has 2 aliphatic carbocycles. The van der Waals surface area contributed by atoms with E-state index >= 15 is 0 Å². The van der Waals surface area contributed by atoms with Gasteiger partial charge in [0, 0.05) is 0 Å². The summed E-state index contributed by atoms with van der Waals surface area (Å²) < 4.78 is 0. The Hall–Kier alpha value is -2.34. The molecule has 0 spiro atoms. The van der Waals surface area contributed by atoms with Crippen LogP contribution in [0, 0.1) is 0 Å². The van der Waals surface area contributed by atoms with Gasteiger partial charge in [0.25, 0.3) is 0 Å². The van der Waals surface area contributed by atoms with Gasteiger partial charge in [-0.15, -0.1) is 0 Å². The molecule has 2 aromatic carbocycles. The summed E-state index contributed by atoms with van der Waals surface area (Å²) in [5.74, 6) is 0.680. The standard InChI is InChI=1S/C24H24/c1-4-6-20(15-16(2)3)21-13-11-19-10-9-17-7-5-8-18-12-14-22(21)24(19)23(17)18/h4-9,12,14-15,19H,2,10-11,13H2,1,3H3. The third-order valence-electron chi connectivity index (χ3n) is 5.31. The number of hydrogen-bond donors (Lipinski definition) is 0. The third kappa shape index (κ3) is 2.38. The van der Waals surface area contributed by atoms with Crippen LogP contribution in [0.25, 0.3) is 22.4 Å². The van der Waals surface area contributed by atoms with E-state index in [4.69, 9.17) is 0 Å². The summed E-state index contributed by atoms with van der Waals surface area (Å²) in [4.78, 5) is 0. The predicted octanol–water partition coefficient (Wildman–Crippen LogP) is 5.13. The lowest BCUT2D eigenvalue weighted by Gasteiger charge is -2.29. The maximum absolute atomic E-state index is 4.09. The highest BCUT2D eigenvalue weighted by molar-refractivity contribution is 5.90. The maximum atomic E-state index is 4.09. The monoisotopic (exact) mass is 312 g/mol. The normalized spacial score (nSPS) is 19.7. The van der Waals surface area contributed by atoms with Crippen molar-refractivity contribution in [2.45, 2.75) is 39.0 Å². The van der Waals surface area contributed by atoms with E-state index in [0.717, 1.165) is 12.0 Å². The number of allylic oxidation sites excluding steroid dienone is 5. The zero-order chi connectivity index (χ0) is 16.7. The molecule has 0 heterocycles. The molecule has 0 amide bonds. The fourth-order valence-electron chi connectivity index (χ4n) is 4.38. The summed E-state index contributed by atoms with van der Waals surface area (Å²) in [6, 6.07) is 11.3. The van der Waals surface area contributed by atoms with Crippen molar-refractivity contribution in [1.29, 1.82) is 0 Å². The van der Waals surface area contributed by atoms with Gasteiger partial charge in [0.15, 0.2) is 0 Å². The molecule has 24 heavy (non-hydrogen) atoms. The van der Waals surface area contributed by atoms with Gasteiger partial charge >= 0.3 is 0 Å². The second-order valence-corrected chi connectivity index (χ2v) is 7.07. The first-order valence-electron chi connectivity index (χ1n) is 8.94. The fourth-order valence-corrected chi connectivity index (χ4v) is 4.38. The zero-order valence-corrected chi connectivity index (χ0v) is 14.6. The second kappa shape index (κ2) is 5.94. The van der Waals surface area contributed by atoms with Crippen molar-refractivity contribution < 1.29 is 0 Å². The van der Waals surface area contributed by atoms with Gasteiger partial charge in [-0.25, -0.2) is 0 Å². The van der Waals surface area contributed by atoms with Crippen LogP contribution in [0.4, 0.5) is 0 Å². The molecule has 2 aliphatic rings. The van der Waals surface area contributed by atoms with Crippen LogP contribution in [0.2, 0.25) is 0 Å². The van der Waals surface area contributed by atoms with Crippen LogP contribution in [0.15, 0.2) is 66.3 Å². The van der Waals surface area contributed by atoms with E-state index in [9.17, 15) is 0 Å². The van der Waals surface area contributed by atoms with Gasteiger partial charge in [0.1, 0.15) is 0 Å². The van der Waals surface area contributed by atoms with Gasteiger partial charge in [0.2, 0.25) is 0 Å². The smallest absolute Gasteiger partial charge is 0.00735 e. The summed E-state index contributed by atoms with van der Waals surface area (Å²) in [5.41, 5.74) is 5.51. The zero-order valence-electron chi connectivity index (χ0n) is 14.6. The van der Waals surface area contributed by atoms with Crippen molar-refractivity contribution in [3.05, 3.63) is 82.3 Å². The third-order valence-corrected chi connectivity index (χ3v) is 5.31. The van der Waals surface area contributed by atoms with E-state index in [2.05, 4.69) is 75.1 Å². The molecule has 0 saturated carbocycles. The Morgan fingerprint density at radius 3 is 2.88 bits per heavy atom. The first-order valence-corrected chi connectivity index (χ1v) is 8.94. The Kier molecular flexibility index (Phi) is 3.76. The minimum atomic E-state index is 0.680. The van der Waals surface area contributed by atoms with E-state index < -0.39 is 0 Å². The van der Waals surface area contributed by atoms with Gasteiger partial charge < -0.3 is 0 Å². The van der Waals surface area contributed by atoms with Crippen LogP contribution in [-0.4, -0.2) is 0 Å². The topological polar surface area (TPSA) is 0 Å². The molecular formula is C24H24. The van der Waals surface area contributed by atoms with Crippen LogP contribution < -0.4 is 10.4 Å². The number of benzene rings is 2. The van der Waals surface area contributed by atoms with Crippen LogP contribution in [-0.2, 0) is 0 Å². The van der Waals surface area contributed by atoms with E-state index in [1.807, 2.05) is 0 Å². The Morgan fingerprint density at radius 1 is 1.21 bits per heavy atom. The van der Waals surface area contributed by atoms with E-state index in [1.165, 1.54) is 45.2 Å². The van der Waals surface area contributed by atoms with Crippen molar-refractivity contribution in [3.63, 3.8) is 0 Å². The molecule has 0 aliphatic heterocycles. The molecular weight excluding hydrogens is 288 g/mol. The second-order valence-electron chi connectivity index (χ2n) is 7.07. The SMILES string of the molecule is C=C(C)C=C(C=CC)C1=c2ccc3cccc4c3c2C(CC=4)CC1. The maximum Gasteiger partial charge on any atom is -0.00735 e. The van der Waals surface area contributed by atoms with E-state index in [0.29, 0.717) is 5.92 Å². The average Bonchev–Trinajstić information content (AvgIpc) is 2.59. The van der Waals surface area contributed by atoms with Crippen molar-refractivity contribution in [3.8, 4) is 0 Å². The summed E-state index contributed by atoms with van der Waals surface area (Å²) in [7, 11) is 0. The summed E-state index contributed by atoms with van der Waals surface area (Å²) >= 11 is 0. The molecule has 1 atom stereocenters. The number of hydrogen-bond acceptors (Lipinski definition) is 0. The lowest BCUT2D eigenvalue weighted by molar-refractivity contribution is 0.639. The highest BCUT2D eigenvalue weighted by Crippen LogP contribution is 2.37. The molecule has 1 unspecified atom stereocenters. The molecule has 0 N–H and O–H groups in total. The molecule has 0 fully saturated rings. The van der Waals surface area contributed by atoms with Crippen molar-refractivity contribution >= 4 is 22.4 Å². The summed E-state index contributed by atoms with van der Waals surface area (Å²) in [5, 5.41) is 5.74. The minimum absolute atomic E-state index is 0.680. The first kappa shape index (κ1) is 15.2. The molecule has 0 bridgehead atoms. The van der Waals surface area contributed by atoms with Crippen LogP contribution in [0.5, 0.6) is 0 Å². The highest BCUT2D eigenvalue weighted by Gasteiger charge is 2.25. The van der Waals surface area contributed by atoms with Crippen LogP contribution in [0.3, 0.4) is 0 Å².